The lowest BCUT2D eigenvalue weighted by molar-refractivity contribution is -0.133. The predicted octanol–water partition coefficient (Wildman–Crippen LogP) is 2.02. The molecule has 1 aromatic carbocycles. The number of aliphatic hydroxyl groups excluding tert-OH is 1. The summed E-state index contributed by atoms with van der Waals surface area (Å²) < 4.78 is 24.4. The Bertz CT molecular complexity index is 1390. The van der Waals surface area contributed by atoms with E-state index in [1.165, 1.54) is 20.3 Å². The van der Waals surface area contributed by atoms with Crippen LogP contribution in [0, 0.1) is 11.8 Å². The van der Waals surface area contributed by atoms with E-state index in [1.807, 2.05) is 58.2 Å². The van der Waals surface area contributed by atoms with Crippen molar-refractivity contribution in [3.05, 3.63) is 35.9 Å². The van der Waals surface area contributed by atoms with E-state index in [1.54, 1.807) is 4.90 Å². The number of amides is 4. The highest BCUT2D eigenvalue weighted by molar-refractivity contribution is 7.92. The number of carbonyl (C=O) groups excluding carboxylic acids is 3. The molecule has 0 bridgehead atoms. The van der Waals surface area contributed by atoms with Crippen molar-refractivity contribution >= 4 is 27.7 Å². The number of piperidine rings is 1. The van der Waals surface area contributed by atoms with Crippen molar-refractivity contribution in [1.29, 1.82) is 0 Å². The van der Waals surface area contributed by atoms with Crippen LogP contribution in [0.5, 0.6) is 0 Å². The monoisotopic (exact) mass is 704 g/mol. The highest BCUT2D eigenvalue weighted by Crippen LogP contribution is 2.39. The molecule has 276 valence electrons. The molecule has 4 rings (SSSR count). The number of hydrogen-bond donors (Lipinski definition) is 4. The van der Waals surface area contributed by atoms with E-state index in [4.69, 9.17) is 0 Å². The van der Waals surface area contributed by atoms with Gasteiger partial charge in [-0.2, -0.15) is 0 Å². The van der Waals surface area contributed by atoms with Crippen molar-refractivity contribution in [3.63, 3.8) is 0 Å². The molecule has 2 aliphatic heterocycles. The Morgan fingerprint density at radius 1 is 0.939 bits per heavy atom. The van der Waals surface area contributed by atoms with Gasteiger partial charge < -0.3 is 30.9 Å². The second kappa shape index (κ2) is 16.1. The zero-order chi connectivity index (χ0) is 36.1. The third-order valence-electron chi connectivity index (χ3n) is 10.8. The standard InChI is InChI=1S/C36H60N6O6S/c1-35(2,3)39-32(44)29-22-26-15-11-12-16-27(26)23-42(29)24-30(43)28(21-25-13-9-8-10-14-25)37-33(45)31(36(4,5)49(7,47)48)38-34(46)41-19-17-40(6)18-20-41/h8-10,13-14,26-31,43H,11-12,15-24H2,1-7H3,(H,37,45)(H,38,46)(H,39,44)/t26?,27?,28-,29-,30+,31+/m0/s1. The molecule has 49 heavy (non-hydrogen) atoms. The molecule has 6 atom stereocenters. The Kier molecular flexibility index (Phi) is 12.8. The van der Waals surface area contributed by atoms with E-state index in [9.17, 15) is 27.9 Å². The number of piperazine rings is 1. The van der Waals surface area contributed by atoms with Crippen molar-refractivity contribution in [2.45, 2.75) is 108 Å². The van der Waals surface area contributed by atoms with Gasteiger partial charge in [-0.15, -0.1) is 0 Å². The van der Waals surface area contributed by atoms with Gasteiger partial charge in [0.15, 0.2) is 9.84 Å². The molecule has 0 radical (unpaired) electrons. The first-order valence-electron chi connectivity index (χ1n) is 17.9. The molecule has 0 aromatic heterocycles. The summed E-state index contributed by atoms with van der Waals surface area (Å²) in [7, 11) is -1.86. The number of sulfone groups is 1. The van der Waals surface area contributed by atoms with Crippen LogP contribution < -0.4 is 16.0 Å². The highest BCUT2D eigenvalue weighted by atomic mass is 32.2. The maximum atomic E-state index is 14.2. The molecule has 3 aliphatic rings. The van der Waals surface area contributed by atoms with Crippen LogP contribution in [0.2, 0.25) is 0 Å². The van der Waals surface area contributed by atoms with Gasteiger partial charge >= 0.3 is 6.03 Å². The Balaban J connectivity index is 1.60. The molecule has 2 saturated heterocycles. The molecule has 4 N–H and O–H groups in total. The zero-order valence-corrected chi connectivity index (χ0v) is 31.4. The Labute approximate surface area is 293 Å². The number of hydrogen-bond acceptors (Lipinski definition) is 8. The Morgan fingerprint density at radius 2 is 1.55 bits per heavy atom. The predicted molar refractivity (Wildman–Crippen MR) is 192 cm³/mol. The largest absolute Gasteiger partial charge is 0.390 e. The first kappa shape index (κ1) is 39.1. The number of β-amino-alcohol motifs (C(OH)–C–C–N with tert-alkyl or cyclic N) is 1. The summed E-state index contributed by atoms with van der Waals surface area (Å²) in [6.07, 6.45) is 5.46. The lowest BCUT2D eigenvalue weighted by atomic mass is 9.72. The SMILES string of the molecule is CN1CCN(C(=O)N[C@H](C(=O)N[C@@H](Cc2ccccc2)[C@H](O)CN2CC3CCCCC3C[C@H]2C(=O)NC(C)(C)C)C(C)(C)S(C)(=O)=O)CC1. The van der Waals surface area contributed by atoms with Gasteiger partial charge in [-0.25, -0.2) is 13.2 Å². The molecule has 3 fully saturated rings. The van der Waals surface area contributed by atoms with Gasteiger partial charge in [0, 0.05) is 51.1 Å². The lowest BCUT2D eigenvalue weighted by Gasteiger charge is -2.47. The molecular weight excluding hydrogens is 644 g/mol. The van der Waals surface area contributed by atoms with E-state index in [-0.39, 0.29) is 18.9 Å². The summed E-state index contributed by atoms with van der Waals surface area (Å²) in [5.41, 5.74) is 0.463. The Hall–Kier alpha value is -2.74. The number of fused-ring (bicyclic) bond motifs is 1. The van der Waals surface area contributed by atoms with Crippen molar-refractivity contribution < 1.29 is 27.9 Å². The fourth-order valence-corrected chi connectivity index (χ4v) is 8.00. The van der Waals surface area contributed by atoms with Crippen molar-refractivity contribution in [1.82, 2.24) is 30.7 Å². The lowest BCUT2D eigenvalue weighted by Crippen LogP contribution is -2.65. The van der Waals surface area contributed by atoms with Gasteiger partial charge in [0.05, 0.1) is 22.9 Å². The zero-order valence-electron chi connectivity index (χ0n) is 30.6. The maximum Gasteiger partial charge on any atom is 0.318 e. The molecule has 1 saturated carbocycles. The minimum absolute atomic E-state index is 0.0612. The molecule has 2 heterocycles. The second-order valence-corrected chi connectivity index (χ2v) is 18.8. The summed E-state index contributed by atoms with van der Waals surface area (Å²) >= 11 is 0. The molecule has 4 amide bonds. The molecular formula is C36H60N6O6S. The molecule has 13 heteroatoms. The number of aliphatic hydroxyl groups is 1. The van der Waals surface area contributed by atoms with E-state index in [0.717, 1.165) is 37.5 Å². The van der Waals surface area contributed by atoms with Crippen LogP contribution in [-0.4, -0.2) is 133 Å². The van der Waals surface area contributed by atoms with E-state index in [0.29, 0.717) is 44.6 Å². The third-order valence-corrected chi connectivity index (χ3v) is 12.9. The van der Waals surface area contributed by atoms with Crippen LogP contribution >= 0.6 is 0 Å². The molecule has 0 spiro atoms. The topological polar surface area (TPSA) is 151 Å². The minimum atomic E-state index is -3.83. The van der Waals surface area contributed by atoms with Crippen LogP contribution in [-0.2, 0) is 25.8 Å². The molecule has 12 nitrogen and oxygen atoms in total. The van der Waals surface area contributed by atoms with Crippen LogP contribution in [0.3, 0.4) is 0 Å². The second-order valence-electron chi connectivity index (χ2n) is 16.2. The summed E-state index contributed by atoms with van der Waals surface area (Å²) in [4.78, 5) is 47.0. The number of carbonyl (C=O) groups is 3. The minimum Gasteiger partial charge on any atom is -0.390 e. The Morgan fingerprint density at radius 3 is 2.14 bits per heavy atom. The number of nitrogens with zero attached hydrogens (tertiary/aromatic N) is 3. The molecule has 1 aliphatic carbocycles. The van der Waals surface area contributed by atoms with Crippen molar-refractivity contribution in [3.8, 4) is 0 Å². The van der Waals surface area contributed by atoms with Gasteiger partial charge in [0.25, 0.3) is 0 Å². The summed E-state index contributed by atoms with van der Waals surface area (Å²) in [5.74, 6) is 0.145. The number of likely N-dealkylation sites (tertiary alicyclic amines) is 1. The van der Waals surface area contributed by atoms with E-state index >= 15 is 0 Å². The number of benzene rings is 1. The normalized spacial score (nSPS) is 24.7. The first-order valence-corrected chi connectivity index (χ1v) is 19.8. The number of likely N-dealkylation sites (N-methyl/N-ethyl adjacent to an activating group) is 1. The average molecular weight is 705 g/mol. The molecule has 2 unspecified atom stereocenters. The van der Waals surface area contributed by atoms with Gasteiger partial charge in [-0.1, -0.05) is 49.6 Å². The third kappa shape index (κ3) is 10.4. The quantitative estimate of drug-likeness (QED) is 0.273. The highest BCUT2D eigenvalue weighted by Gasteiger charge is 2.46. The van der Waals surface area contributed by atoms with Gasteiger partial charge in [-0.3, -0.25) is 14.5 Å². The first-order chi connectivity index (χ1) is 22.9. The fraction of sp³-hybridized carbons (Fsp3) is 0.750. The summed E-state index contributed by atoms with van der Waals surface area (Å²) in [6.45, 7) is 11.8. The molecule has 1 aromatic rings. The van der Waals surface area contributed by atoms with E-state index < -0.39 is 56.3 Å². The number of rotatable bonds is 11. The summed E-state index contributed by atoms with van der Waals surface area (Å²) in [6, 6.07) is 6.29. The summed E-state index contributed by atoms with van der Waals surface area (Å²) in [5, 5.41) is 20.8. The van der Waals surface area contributed by atoms with Crippen LogP contribution in [0.15, 0.2) is 30.3 Å². The number of urea groups is 1. The average Bonchev–Trinajstić information content (AvgIpc) is 3.02. The van der Waals surface area contributed by atoms with Gasteiger partial charge in [0.1, 0.15) is 6.04 Å². The smallest absolute Gasteiger partial charge is 0.318 e. The van der Waals surface area contributed by atoms with E-state index in [2.05, 4.69) is 25.8 Å². The van der Waals surface area contributed by atoms with Crippen LogP contribution in [0.4, 0.5) is 4.79 Å². The van der Waals surface area contributed by atoms with Crippen LogP contribution in [0.1, 0.15) is 72.3 Å². The fourth-order valence-electron chi connectivity index (χ4n) is 7.41. The van der Waals surface area contributed by atoms with Gasteiger partial charge in [0.2, 0.25) is 11.8 Å². The maximum absolute atomic E-state index is 14.2. The number of nitrogens with one attached hydrogen (secondary N) is 3. The van der Waals surface area contributed by atoms with Gasteiger partial charge in [-0.05, 0) is 78.3 Å². The van der Waals surface area contributed by atoms with Crippen molar-refractivity contribution in [2.75, 3.05) is 52.6 Å². The van der Waals surface area contributed by atoms with Crippen molar-refractivity contribution in [2.24, 2.45) is 11.8 Å². The van der Waals surface area contributed by atoms with Crippen LogP contribution in [0.25, 0.3) is 0 Å².